The molecule has 0 aliphatic carbocycles. The third-order valence-electron chi connectivity index (χ3n) is 16.0. The number of hydrogen-bond acceptors (Lipinski definition) is 19. The molecule has 12 atom stereocenters. The maximum Gasteiger partial charge on any atom is 0.326 e. The largest absolute Gasteiger partial charge is 0.481 e. The van der Waals surface area contributed by atoms with E-state index in [2.05, 4.69) is 58.5 Å². The van der Waals surface area contributed by atoms with Crippen LogP contribution in [0.2, 0.25) is 0 Å². The summed E-state index contributed by atoms with van der Waals surface area (Å²) >= 11 is 1.34. The summed E-state index contributed by atoms with van der Waals surface area (Å²) in [6.45, 7) is 10.5. The number of nitrogens with two attached hydrogens (primary N) is 4. The fourth-order valence-corrected chi connectivity index (χ4v) is 10.7. The Kier molecular flexibility index (Phi) is 38.2. The fraction of sp³-hybridized carbons (Fsp3) is 0.651. The number of carboxylic acids is 2. The fourth-order valence-electron chi connectivity index (χ4n) is 10.3. The first-order valence-electron chi connectivity index (χ1n) is 32.7. The molecule has 14 amide bonds. The second-order valence-electron chi connectivity index (χ2n) is 24.8. The van der Waals surface area contributed by atoms with Gasteiger partial charge in [-0.15, -0.1) is 0 Å². The van der Waals surface area contributed by atoms with E-state index in [9.17, 15) is 86.9 Å². The lowest BCUT2D eigenvalue weighted by Crippen LogP contribution is -2.61. The summed E-state index contributed by atoms with van der Waals surface area (Å²) in [7, 11) is 0. The van der Waals surface area contributed by atoms with Crippen molar-refractivity contribution in [3.63, 3.8) is 0 Å². The van der Waals surface area contributed by atoms with E-state index in [1.807, 2.05) is 0 Å². The van der Waals surface area contributed by atoms with Gasteiger partial charge in [-0.1, -0.05) is 78.3 Å². The van der Waals surface area contributed by atoms with Gasteiger partial charge < -0.3 is 96.5 Å². The number of carbonyl (C=O) groups is 16. The van der Waals surface area contributed by atoms with Crippen molar-refractivity contribution >= 4 is 106 Å². The predicted molar refractivity (Wildman–Crippen MR) is 358 cm³/mol. The topological polar surface area (TPSA) is 553 Å². The number of likely N-dealkylation sites (tertiary alicyclic amines) is 1. The summed E-state index contributed by atoms with van der Waals surface area (Å²) in [5.41, 5.74) is 22.7. The summed E-state index contributed by atoms with van der Waals surface area (Å²) in [5, 5.41) is 46.6. The van der Waals surface area contributed by atoms with Crippen LogP contribution in [0.25, 0.3) is 0 Å². The van der Waals surface area contributed by atoms with Crippen LogP contribution < -0.4 is 81.4 Å². The highest BCUT2D eigenvalue weighted by atomic mass is 32.2. The smallest absolute Gasteiger partial charge is 0.326 e. The number of thioether (sulfide) groups is 1. The first kappa shape index (κ1) is 85.1. The molecule has 2 rings (SSSR count). The number of carbonyl (C=O) groups excluding carboxylic acids is 14. The molecule has 0 bridgehead atoms. The van der Waals surface area contributed by atoms with Gasteiger partial charge in [-0.2, -0.15) is 11.8 Å². The molecule has 0 aromatic heterocycles. The van der Waals surface area contributed by atoms with Gasteiger partial charge in [0, 0.05) is 25.8 Å². The average Bonchev–Trinajstić information content (AvgIpc) is 1.61. The third kappa shape index (κ3) is 30.6. The first-order valence-corrected chi connectivity index (χ1v) is 34.1. The number of aliphatic carboxylic acids is 2. The zero-order valence-electron chi connectivity index (χ0n) is 57.0. The molecule has 1 aromatic carbocycles. The van der Waals surface area contributed by atoms with Crippen LogP contribution in [0.3, 0.4) is 0 Å². The third-order valence-corrected chi connectivity index (χ3v) is 16.6. The molecule has 0 unspecified atom stereocenters. The van der Waals surface area contributed by atoms with Crippen molar-refractivity contribution in [1.82, 2.24) is 63.4 Å². The van der Waals surface area contributed by atoms with Crippen molar-refractivity contribution < 1.29 is 86.9 Å². The molecule has 1 heterocycles. The molecule has 21 N–H and O–H groups in total. The van der Waals surface area contributed by atoms with Gasteiger partial charge in [-0.05, 0) is 107 Å². The lowest BCUT2D eigenvalue weighted by atomic mass is 9.97. The van der Waals surface area contributed by atoms with Crippen LogP contribution in [-0.2, 0) is 83.1 Å². The van der Waals surface area contributed by atoms with E-state index in [0.29, 0.717) is 30.6 Å². The van der Waals surface area contributed by atoms with Crippen LogP contribution in [0.4, 0.5) is 0 Å². The molecule has 35 heteroatoms. The monoisotopic (exact) mass is 1400 g/mol. The summed E-state index contributed by atoms with van der Waals surface area (Å²) in [6.07, 6.45) is 0.550. The lowest BCUT2D eigenvalue weighted by Gasteiger charge is -2.30. The maximum absolute atomic E-state index is 14.3. The average molecular weight is 1400 g/mol. The second kappa shape index (κ2) is 44.0. The Balaban J connectivity index is 2.37. The molecule has 1 aliphatic rings. The maximum atomic E-state index is 14.3. The molecular weight excluding hydrogens is 1300 g/mol. The zero-order chi connectivity index (χ0) is 73.9. The highest BCUT2D eigenvalue weighted by molar-refractivity contribution is 7.98. The zero-order valence-corrected chi connectivity index (χ0v) is 57.8. The number of nitrogens with one attached hydrogen (secondary N) is 11. The van der Waals surface area contributed by atoms with E-state index in [1.54, 1.807) is 78.1 Å². The second-order valence-corrected chi connectivity index (χ2v) is 25.8. The van der Waals surface area contributed by atoms with Crippen LogP contribution in [0.15, 0.2) is 30.3 Å². The molecule has 548 valence electrons. The Bertz CT molecular complexity index is 2930. The van der Waals surface area contributed by atoms with E-state index in [0.717, 1.165) is 0 Å². The van der Waals surface area contributed by atoms with E-state index in [1.165, 1.54) is 23.6 Å². The minimum absolute atomic E-state index is 0.0267. The van der Waals surface area contributed by atoms with Crippen molar-refractivity contribution in [2.75, 3.05) is 38.2 Å². The summed E-state index contributed by atoms with van der Waals surface area (Å²) in [5.74, 6) is -16.3. The molecule has 1 aliphatic heterocycles. The Labute approximate surface area is 574 Å². The van der Waals surface area contributed by atoms with Crippen LogP contribution in [0.5, 0.6) is 0 Å². The van der Waals surface area contributed by atoms with Gasteiger partial charge in [0.05, 0.1) is 19.5 Å². The molecule has 0 saturated carbocycles. The van der Waals surface area contributed by atoms with E-state index in [4.69, 9.17) is 22.9 Å². The molecule has 98 heavy (non-hydrogen) atoms. The van der Waals surface area contributed by atoms with Crippen molar-refractivity contribution in [3.8, 4) is 0 Å². The van der Waals surface area contributed by atoms with Crippen molar-refractivity contribution in [1.29, 1.82) is 0 Å². The van der Waals surface area contributed by atoms with Crippen LogP contribution >= 0.6 is 11.8 Å². The minimum Gasteiger partial charge on any atom is -0.481 e. The summed E-state index contributed by atoms with van der Waals surface area (Å²) < 4.78 is 0. The minimum atomic E-state index is -1.84. The van der Waals surface area contributed by atoms with E-state index < -0.39 is 212 Å². The van der Waals surface area contributed by atoms with Crippen LogP contribution in [-0.4, -0.2) is 214 Å². The van der Waals surface area contributed by atoms with Crippen LogP contribution in [0.1, 0.15) is 138 Å². The van der Waals surface area contributed by atoms with E-state index >= 15 is 0 Å². The van der Waals surface area contributed by atoms with Gasteiger partial charge in [-0.3, -0.25) is 71.9 Å². The quantitative estimate of drug-likeness (QED) is 0.0276. The van der Waals surface area contributed by atoms with Gasteiger partial charge >= 0.3 is 11.9 Å². The number of amides is 14. The molecule has 1 fully saturated rings. The number of primary amides is 2. The Morgan fingerprint density at radius 2 is 1.09 bits per heavy atom. The first-order chi connectivity index (χ1) is 46.2. The highest BCUT2D eigenvalue weighted by Crippen LogP contribution is 2.22. The van der Waals surface area contributed by atoms with E-state index in [-0.39, 0.29) is 64.0 Å². The lowest BCUT2D eigenvalue weighted by molar-refractivity contribution is -0.150. The number of rotatable bonds is 46. The van der Waals surface area contributed by atoms with Gasteiger partial charge in [0.2, 0.25) is 82.7 Å². The number of hydrogen-bond donors (Lipinski definition) is 17. The molecule has 0 radical (unpaired) electrons. The molecule has 34 nitrogen and oxygen atoms in total. The van der Waals surface area contributed by atoms with Gasteiger partial charge in [0.25, 0.3) is 0 Å². The standard InChI is InChI=1S/C63H102N16O18S/c1-9-35(6)52(62(95)79-26-15-19-45(79)63(96)97)77-49(83)32-68-54(87)38(18-13-14-25-64)71-56(89)40(20-22-46(66)80)72-59(92)44(30-47(67)81)76-58(91)42(28-33(2)3)74-53(86)36(7)69-61(94)51(34(4)5)78-60(93)43(29-37-16-11-10-12-17-37)75-57(90)41(24-27-98-8)73-55(88)39(21-23-50(84)85)70-48(82)31-65/h10-12,16-17,33-36,38-45,51-52H,9,13-15,18-32,64-65H2,1-8H3,(H2,66,80)(H2,67,81)(H,68,87)(H,69,94)(H,70,82)(H,71,89)(H,72,92)(H,73,88)(H,74,86)(H,75,90)(H,76,91)(H,77,83)(H,78,93)(H,84,85)(H,96,97)/t35-,36-,38-,39-,40-,41-,42-,43-,44-,45-,51-,52-/m0/s1. The summed E-state index contributed by atoms with van der Waals surface area (Å²) in [6, 6.07) is -7.03. The van der Waals surface area contributed by atoms with Gasteiger partial charge in [-0.25, -0.2) is 4.79 Å². The molecular formula is C63H102N16O18S. The highest BCUT2D eigenvalue weighted by Gasteiger charge is 2.41. The van der Waals surface area contributed by atoms with Crippen molar-refractivity contribution in [2.24, 2.45) is 40.7 Å². The molecule has 1 saturated heterocycles. The number of nitrogens with zero attached hydrogens (tertiary/aromatic N) is 1. The normalized spacial score (nSPS) is 16.0. The SMILES string of the molecule is CC[C@H](C)[C@H](NC(=O)CNC(=O)[C@H](CCCCN)NC(=O)[C@H](CCC(N)=O)NC(=O)[C@H](CC(N)=O)NC(=O)[C@H](CC(C)C)NC(=O)[C@H](C)NC(=O)[C@@H](NC(=O)[C@H](Cc1ccccc1)NC(=O)[C@H](CCSC)NC(=O)[C@H](CCC(=O)O)NC(=O)CN)C(C)C)C(=O)N1CCC[C@H]1C(=O)O. The Morgan fingerprint density at radius 1 is 0.561 bits per heavy atom. The summed E-state index contributed by atoms with van der Waals surface area (Å²) in [4.78, 5) is 214. The molecule has 0 spiro atoms. The van der Waals surface area contributed by atoms with Crippen molar-refractivity contribution in [3.05, 3.63) is 35.9 Å². The number of unbranched alkanes of at least 4 members (excludes halogenated alkanes) is 1. The molecule has 1 aromatic rings. The number of benzene rings is 1. The number of carboxylic acid groups (broad SMARTS) is 2. The van der Waals surface area contributed by atoms with Crippen LogP contribution in [0, 0.1) is 17.8 Å². The van der Waals surface area contributed by atoms with Crippen molar-refractivity contribution in [2.45, 2.75) is 205 Å². The predicted octanol–water partition coefficient (Wildman–Crippen LogP) is -4.12. The Hall–Kier alpha value is -8.99. The van der Waals surface area contributed by atoms with Gasteiger partial charge in [0.15, 0.2) is 0 Å². The van der Waals surface area contributed by atoms with Gasteiger partial charge in [0.1, 0.15) is 66.5 Å². The Morgan fingerprint density at radius 3 is 1.62 bits per heavy atom.